The van der Waals surface area contributed by atoms with Gasteiger partial charge in [0.15, 0.2) is 6.61 Å². The van der Waals surface area contributed by atoms with Crippen LogP contribution < -0.4 is 10.5 Å². The fraction of sp³-hybridized carbons (Fsp3) is 0.385. The van der Waals surface area contributed by atoms with Gasteiger partial charge >= 0.3 is 0 Å². The van der Waals surface area contributed by atoms with E-state index in [1.165, 1.54) is 0 Å². The minimum atomic E-state index is 0.00652. The van der Waals surface area contributed by atoms with Gasteiger partial charge in [0.2, 0.25) is 0 Å². The molecule has 1 heterocycles. The molecule has 2 rings (SSSR count). The summed E-state index contributed by atoms with van der Waals surface area (Å²) in [7, 11) is 0. The van der Waals surface area contributed by atoms with Crippen LogP contribution in [0.25, 0.3) is 0 Å². The van der Waals surface area contributed by atoms with Crippen LogP contribution in [0.1, 0.15) is 18.4 Å². The Morgan fingerprint density at radius 1 is 1.42 bits per heavy atom. The maximum atomic E-state index is 11.8. The minimum absolute atomic E-state index is 0.00652. The molecule has 19 heavy (non-hydrogen) atoms. The van der Waals surface area contributed by atoms with Gasteiger partial charge in [0.25, 0.3) is 5.91 Å². The Labute approximate surface area is 122 Å². The van der Waals surface area contributed by atoms with E-state index in [2.05, 4.69) is 0 Å². The summed E-state index contributed by atoms with van der Waals surface area (Å²) in [5.41, 5.74) is 6.12. The highest BCUT2D eigenvalue weighted by Crippen LogP contribution is 2.22. The van der Waals surface area contributed by atoms with E-state index in [9.17, 15) is 4.79 Å². The van der Waals surface area contributed by atoms with E-state index in [-0.39, 0.29) is 17.5 Å². The quantitative estimate of drug-likeness (QED) is 0.864. The lowest BCUT2D eigenvalue weighted by Gasteiger charge is -2.15. The second-order valence-electron chi connectivity index (χ2n) is 4.38. The molecule has 0 bridgehead atoms. The second kappa shape index (κ2) is 6.21. The number of carbonyl (C=O) groups excluding carboxylic acids is 1. The van der Waals surface area contributed by atoms with Crippen molar-refractivity contribution in [3.05, 3.63) is 28.8 Å². The normalized spacial score (nSPS) is 14.5. The van der Waals surface area contributed by atoms with Gasteiger partial charge in [-0.1, -0.05) is 23.8 Å². The predicted octanol–water partition coefficient (Wildman–Crippen LogP) is 1.98. The van der Waals surface area contributed by atoms with Gasteiger partial charge in [-0.15, -0.1) is 0 Å². The summed E-state index contributed by atoms with van der Waals surface area (Å²) in [6, 6.07) is 5.02. The van der Waals surface area contributed by atoms with Crippen molar-refractivity contribution in [1.82, 2.24) is 4.90 Å². The van der Waals surface area contributed by atoms with Gasteiger partial charge in [-0.05, 0) is 31.0 Å². The molecule has 1 aliphatic rings. The lowest BCUT2D eigenvalue weighted by atomic mass is 10.2. The zero-order valence-corrected chi connectivity index (χ0v) is 12.0. The van der Waals surface area contributed by atoms with Crippen LogP contribution in [0, 0.1) is 0 Å². The van der Waals surface area contributed by atoms with E-state index < -0.39 is 0 Å². The largest absolute Gasteiger partial charge is 0.484 e. The van der Waals surface area contributed by atoms with E-state index in [0.717, 1.165) is 25.9 Å². The smallest absolute Gasteiger partial charge is 0.260 e. The van der Waals surface area contributed by atoms with Crippen molar-refractivity contribution in [1.29, 1.82) is 0 Å². The number of likely N-dealkylation sites (tertiary alicyclic amines) is 1. The number of rotatable bonds is 4. The lowest BCUT2D eigenvalue weighted by molar-refractivity contribution is -0.132. The summed E-state index contributed by atoms with van der Waals surface area (Å²) in [5.74, 6) is 0.546. The molecule has 102 valence electrons. The number of hydrogen-bond acceptors (Lipinski definition) is 3. The molecular weight excluding hydrogens is 284 g/mol. The first-order valence-corrected chi connectivity index (χ1v) is 6.86. The predicted molar refractivity (Wildman–Crippen MR) is 78.6 cm³/mol. The Balaban J connectivity index is 1.94. The molecule has 0 spiro atoms. The number of thiocarbonyl (C=S) groups is 1. The van der Waals surface area contributed by atoms with E-state index in [4.69, 9.17) is 34.3 Å². The fourth-order valence-electron chi connectivity index (χ4n) is 1.99. The number of amides is 1. The number of nitrogens with two attached hydrogens (primary N) is 1. The van der Waals surface area contributed by atoms with Crippen LogP contribution in [0.15, 0.2) is 18.2 Å². The molecule has 0 aliphatic carbocycles. The molecular formula is C13H15ClN2O2S. The zero-order valence-electron chi connectivity index (χ0n) is 10.4. The molecule has 6 heteroatoms. The third-order valence-corrected chi connectivity index (χ3v) is 3.56. The standard InChI is InChI=1S/C13H15ClN2O2S/c14-11-7-9(3-4-10(11)13(15)19)18-8-12(17)16-5-1-2-6-16/h3-4,7H,1-2,5-6,8H2,(H2,15,19). The number of ether oxygens (including phenoxy) is 1. The Kier molecular flexibility index (Phi) is 4.61. The highest BCUT2D eigenvalue weighted by molar-refractivity contribution is 7.80. The SMILES string of the molecule is NC(=S)c1ccc(OCC(=O)N2CCCC2)cc1Cl. The van der Waals surface area contributed by atoms with Crippen LogP contribution in [0.2, 0.25) is 5.02 Å². The fourth-order valence-corrected chi connectivity index (χ4v) is 2.49. The Morgan fingerprint density at radius 3 is 2.68 bits per heavy atom. The topological polar surface area (TPSA) is 55.6 Å². The van der Waals surface area contributed by atoms with Gasteiger partial charge in [0.05, 0.1) is 5.02 Å². The molecule has 0 unspecified atom stereocenters. The van der Waals surface area contributed by atoms with Gasteiger partial charge in [-0.3, -0.25) is 4.79 Å². The van der Waals surface area contributed by atoms with Crippen LogP contribution >= 0.6 is 23.8 Å². The average molecular weight is 299 g/mol. The number of hydrogen-bond donors (Lipinski definition) is 1. The Hall–Kier alpha value is -1.33. The number of nitrogens with zero attached hydrogens (tertiary/aromatic N) is 1. The van der Waals surface area contributed by atoms with Gasteiger partial charge in [0, 0.05) is 18.7 Å². The lowest BCUT2D eigenvalue weighted by Crippen LogP contribution is -2.32. The monoisotopic (exact) mass is 298 g/mol. The van der Waals surface area contributed by atoms with Gasteiger partial charge in [-0.25, -0.2) is 0 Å². The van der Waals surface area contributed by atoms with Gasteiger partial charge < -0.3 is 15.4 Å². The van der Waals surface area contributed by atoms with Crippen molar-refractivity contribution in [3.63, 3.8) is 0 Å². The van der Waals surface area contributed by atoms with Crippen LogP contribution in [-0.2, 0) is 4.79 Å². The highest BCUT2D eigenvalue weighted by atomic mass is 35.5. The molecule has 1 aliphatic heterocycles. The summed E-state index contributed by atoms with van der Waals surface area (Å²) in [5, 5.41) is 0.429. The van der Waals surface area contributed by atoms with Crippen molar-refractivity contribution in [2.75, 3.05) is 19.7 Å². The van der Waals surface area contributed by atoms with Crippen LogP contribution in [-0.4, -0.2) is 35.5 Å². The minimum Gasteiger partial charge on any atom is -0.484 e. The van der Waals surface area contributed by atoms with Gasteiger partial charge in [-0.2, -0.15) is 0 Å². The summed E-state index contributed by atoms with van der Waals surface area (Å²) in [6.45, 7) is 1.68. The first kappa shape index (κ1) is 14.1. The maximum Gasteiger partial charge on any atom is 0.260 e. The first-order chi connectivity index (χ1) is 9.08. The maximum absolute atomic E-state index is 11.8. The molecule has 1 saturated heterocycles. The number of benzene rings is 1. The Bertz CT molecular complexity index is 501. The molecule has 2 N–H and O–H groups in total. The van der Waals surface area contributed by atoms with Crippen molar-refractivity contribution in [3.8, 4) is 5.75 Å². The molecule has 1 aromatic carbocycles. The molecule has 0 radical (unpaired) electrons. The molecule has 1 fully saturated rings. The summed E-state index contributed by atoms with van der Waals surface area (Å²) >= 11 is 10.9. The van der Waals surface area contributed by atoms with Crippen LogP contribution in [0.4, 0.5) is 0 Å². The molecule has 1 aromatic rings. The van der Waals surface area contributed by atoms with Crippen LogP contribution in [0.3, 0.4) is 0 Å². The second-order valence-corrected chi connectivity index (χ2v) is 5.23. The number of carbonyl (C=O) groups is 1. The average Bonchev–Trinajstić information content (AvgIpc) is 2.89. The molecule has 4 nitrogen and oxygen atoms in total. The third-order valence-electron chi connectivity index (χ3n) is 3.03. The number of halogens is 1. The third kappa shape index (κ3) is 3.58. The van der Waals surface area contributed by atoms with Crippen molar-refractivity contribution in [2.24, 2.45) is 5.73 Å². The van der Waals surface area contributed by atoms with Gasteiger partial charge in [0.1, 0.15) is 10.7 Å². The first-order valence-electron chi connectivity index (χ1n) is 6.08. The molecule has 0 atom stereocenters. The highest BCUT2D eigenvalue weighted by Gasteiger charge is 2.18. The zero-order chi connectivity index (χ0) is 13.8. The van der Waals surface area contributed by atoms with Crippen LogP contribution in [0.5, 0.6) is 5.75 Å². The van der Waals surface area contributed by atoms with Crippen molar-refractivity contribution < 1.29 is 9.53 Å². The van der Waals surface area contributed by atoms with E-state index in [0.29, 0.717) is 16.3 Å². The molecule has 1 amide bonds. The van der Waals surface area contributed by atoms with Crippen molar-refractivity contribution >= 4 is 34.7 Å². The molecule has 0 saturated carbocycles. The van der Waals surface area contributed by atoms with E-state index in [1.807, 2.05) is 4.90 Å². The van der Waals surface area contributed by atoms with Crippen molar-refractivity contribution in [2.45, 2.75) is 12.8 Å². The van der Waals surface area contributed by atoms with E-state index >= 15 is 0 Å². The summed E-state index contributed by atoms with van der Waals surface area (Å²) in [6.07, 6.45) is 2.14. The molecule has 0 aromatic heterocycles. The summed E-state index contributed by atoms with van der Waals surface area (Å²) < 4.78 is 5.44. The van der Waals surface area contributed by atoms with E-state index in [1.54, 1.807) is 18.2 Å². The Morgan fingerprint density at radius 2 is 2.11 bits per heavy atom. The summed E-state index contributed by atoms with van der Waals surface area (Å²) in [4.78, 5) is 13.9.